The van der Waals surface area contributed by atoms with Gasteiger partial charge in [0.1, 0.15) is 5.75 Å². The Bertz CT molecular complexity index is 349. The van der Waals surface area contributed by atoms with E-state index in [2.05, 4.69) is 0 Å². The molecule has 1 aromatic rings. The summed E-state index contributed by atoms with van der Waals surface area (Å²) in [6.07, 6.45) is 2.28. The first kappa shape index (κ1) is 13.5. The van der Waals surface area contributed by atoms with Crippen LogP contribution in [0.1, 0.15) is 18.9 Å². The van der Waals surface area contributed by atoms with Crippen molar-refractivity contribution in [1.29, 1.82) is 0 Å². The average Bonchev–Trinajstić information content (AvgIpc) is 2.28. The van der Waals surface area contributed by atoms with E-state index in [4.69, 9.17) is 16.2 Å². The molecule has 0 heterocycles. The topological polar surface area (TPSA) is 78.3 Å². The van der Waals surface area contributed by atoms with Crippen molar-refractivity contribution >= 4 is 5.91 Å². The lowest BCUT2D eigenvalue weighted by Gasteiger charge is -2.11. The molecule has 0 aliphatic carbocycles. The number of benzene rings is 1. The highest BCUT2D eigenvalue weighted by Crippen LogP contribution is 2.14. The molecule has 0 spiro atoms. The number of carbonyl (C=O) groups is 1. The van der Waals surface area contributed by atoms with Gasteiger partial charge in [-0.3, -0.25) is 4.79 Å². The van der Waals surface area contributed by atoms with Crippen molar-refractivity contribution < 1.29 is 9.53 Å². The van der Waals surface area contributed by atoms with Gasteiger partial charge in [-0.2, -0.15) is 0 Å². The molecular weight excluding hydrogens is 216 g/mol. The summed E-state index contributed by atoms with van der Waals surface area (Å²) in [6, 6.07) is 7.67. The van der Waals surface area contributed by atoms with Gasteiger partial charge in [-0.05, 0) is 30.2 Å². The molecule has 17 heavy (non-hydrogen) atoms. The Morgan fingerprint density at radius 2 is 2.06 bits per heavy atom. The normalized spacial score (nSPS) is 12.1. The monoisotopic (exact) mass is 235 g/mol. The molecule has 1 amide bonds. The third-order valence-electron chi connectivity index (χ3n) is 2.32. The van der Waals surface area contributed by atoms with Crippen molar-refractivity contribution in [3.8, 4) is 5.75 Å². The zero-order chi connectivity index (χ0) is 12.7. The molecule has 0 saturated heterocycles. The molecule has 93 valence electrons. The van der Waals surface area contributed by atoms with Crippen molar-refractivity contribution in [2.75, 3.05) is 13.2 Å². The number of amides is 1. The minimum Gasteiger partial charge on any atom is -0.493 e. The van der Waals surface area contributed by atoms with Gasteiger partial charge in [-0.1, -0.05) is 19.1 Å². The molecule has 1 atom stereocenters. The van der Waals surface area contributed by atoms with E-state index >= 15 is 0 Å². The number of nitrogens with two attached hydrogens (primary N) is 2. The Kier molecular flexibility index (Phi) is 5.49. The highest BCUT2D eigenvalue weighted by atomic mass is 16.5. The zero-order valence-corrected chi connectivity index (χ0v) is 10.1. The van der Waals surface area contributed by atoms with Crippen LogP contribution in [-0.4, -0.2) is 19.1 Å². The van der Waals surface area contributed by atoms with Crippen LogP contribution in [0.4, 0.5) is 0 Å². The summed E-state index contributed by atoms with van der Waals surface area (Å²) in [6.45, 7) is 2.94. The highest BCUT2D eigenvalue weighted by Gasteiger charge is 2.06. The lowest BCUT2D eigenvalue weighted by molar-refractivity contribution is -0.119. The van der Waals surface area contributed by atoms with Crippen LogP contribution in [-0.2, 0) is 4.79 Å². The largest absolute Gasteiger partial charge is 0.493 e. The van der Waals surface area contributed by atoms with Crippen LogP contribution in [0.15, 0.2) is 24.3 Å². The molecule has 0 unspecified atom stereocenters. The molecule has 0 aromatic heterocycles. The second-order valence-corrected chi connectivity index (χ2v) is 4.10. The summed E-state index contributed by atoms with van der Waals surface area (Å²) in [5.41, 5.74) is 11.6. The zero-order valence-electron chi connectivity index (χ0n) is 10.1. The smallest absolute Gasteiger partial charge is 0.217 e. The van der Waals surface area contributed by atoms with E-state index in [0.717, 1.165) is 11.3 Å². The molecule has 4 N–H and O–H groups in total. The lowest BCUT2D eigenvalue weighted by atomic mass is 10.1. The van der Waals surface area contributed by atoms with Gasteiger partial charge in [0.05, 0.1) is 6.61 Å². The number of rotatable bonds is 7. The average molecular weight is 235 g/mol. The van der Waals surface area contributed by atoms with Crippen LogP contribution in [0, 0.1) is 12.3 Å². The van der Waals surface area contributed by atoms with Crippen LogP contribution < -0.4 is 16.2 Å². The Morgan fingerprint density at radius 1 is 1.41 bits per heavy atom. The molecule has 1 rings (SSSR count). The third-order valence-corrected chi connectivity index (χ3v) is 2.32. The van der Waals surface area contributed by atoms with Crippen molar-refractivity contribution in [1.82, 2.24) is 0 Å². The second kappa shape index (κ2) is 6.91. The summed E-state index contributed by atoms with van der Waals surface area (Å²) < 4.78 is 5.55. The van der Waals surface area contributed by atoms with E-state index in [1.54, 1.807) is 0 Å². The molecule has 0 saturated carbocycles. The summed E-state index contributed by atoms with van der Waals surface area (Å²) in [5.74, 6) is 0.618. The quantitative estimate of drug-likeness (QED) is 0.742. The van der Waals surface area contributed by atoms with Crippen molar-refractivity contribution in [3.05, 3.63) is 36.2 Å². The summed E-state index contributed by atoms with van der Waals surface area (Å²) in [4.78, 5) is 10.7. The minimum atomic E-state index is -0.297. The highest BCUT2D eigenvalue weighted by molar-refractivity contribution is 5.73. The Morgan fingerprint density at radius 3 is 2.59 bits per heavy atom. The van der Waals surface area contributed by atoms with E-state index in [1.165, 1.54) is 0 Å². The fourth-order valence-electron chi connectivity index (χ4n) is 1.48. The molecule has 1 aromatic carbocycles. The molecule has 0 bridgehead atoms. The van der Waals surface area contributed by atoms with E-state index in [-0.39, 0.29) is 11.8 Å². The van der Waals surface area contributed by atoms with Gasteiger partial charge in [-0.15, -0.1) is 0 Å². The molecule has 0 fully saturated rings. The second-order valence-electron chi connectivity index (χ2n) is 4.10. The van der Waals surface area contributed by atoms with E-state index in [0.29, 0.717) is 19.6 Å². The standard InChI is InChI=1S/C13H19N2O2/c1-10(8-13(15)16)9-17-12-4-2-11(3-5-12)6-7-14/h2-6,10H,7-9,14H2,1H3,(H2,15,16)/t10-/m0/s1. The van der Waals surface area contributed by atoms with E-state index in [1.807, 2.05) is 37.6 Å². The van der Waals surface area contributed by atoms with Crippen LogP contribution in [0.3, 0.4) is 0 Å². The minimum absolute atomic E-state index is 0.128. The van der Waals surface area contributed by atoms with Gasteiger partial charge in [-0.25, -0.2) is 0 Å². The van der Waals surface area contributed by atoms with Gasteiger partial charge < -0.3 is 16.2 Å². The van der Waals surface area contributed by atoms with Crippen molar-refractivity contribution in [2.24, 2.45) is 17.4 Å². The van der Waals surface area contributed by atoms with Gasteiger partial charge in [0, 0.05) is 12.8 Å². The van der Waals surface area contributed by atoms with E-state index < -0.39 is 0 Å². The van der Waals surface area contributed by atoms with Crippen molar-refractivity contribution in [2.45, 2.75) is 13.3 Å². The number of carbonyl (C=O) groups excluding carboxylic acids is 1. The fourth-order valence-corrected chi connectivity index (χ4v) is 1.48. The van der Waals surface area contributed by atoms with Crippen molar-refractivity contribution in [3.63, 3.8) is 0 Å². The maximum atomic E-state index is 10.7. The van der Waals surface area contributed by atoms with Gasteiger partial charge in [0.25, 0.3) is 0 Å². The molecular formula is C13H19N2O2. The number of hydrogen-bond donors (Lipinski definition) is 2. The first-order valence-corrected chi connectivity index (χ1v) is 5.66. The van der Waals surface area contributed by atoms with Crippen LogP contribution in [0.5, 0.6) is 5.75 Å². The Balaban J connectivity index is 2.38. The number of hydrogen-bond acceptors (Lipinski definition) is 3. The Hall–Kier alpha value is -1.55. The van der Waals surface area contributed by atoms with Crippen LogP contribution >= 0.6 is 0 Å². The predicted octanol–water partition coefficient (Wildman–Crippen LogP) is 1.09. The molecule has 0 aliphatic heterocycles. The summed E-state index contributed by atoms with van der Waals surface area (Å²) >= 11 is 0. The van der Waals surface area contributed by atoms with Gasteiger partial charge in [0.15, 0.2) is 0 Å². The number of ether oxygens (including phenoxy) is 1. The predicted molar refractivity (Wildman–Crippen MR) is 67.4 cm³/mol. The van der Waals surface area contributed by atoms with Crippen LogP contribution in [0.25, 0.3) is 0 Å². The fraction of sp³-hybridized carbons (Fsp3) is 0.385. The first-order valence-electron chi connectivity index (χ1n) is 5.66. The SMILES string of the molecule is C[C@H](COc1ccc([CH]CN)cc1)CC(N)=O. The van der Waals surface area contributed by atoms with E-state index in [9.17, 15) is 4.79 Å². The molecule has 1 radical (unpaired) electrons. The maximum absolute atomic E-state index is 10.7. The Labute approximate surface area is 102 Å². The summed E-state index contributed by atoms with van der Waals surface area (Å²) in [7, 11) is 0. The first-order chi connectivity index (χ1) is 8.11. The molecule has 4 heteroatoms. The molecule has 0 aliphatic rings. The molecule has 4 nitrogen and oxygen atoms in total. The van der Waals surface area contributed by atoms with Gasteiger partial charge >= 0.3 is 0 Å². The van der Waals surface area contributed by atoms with Crippen LogP contribution in [0.2, 0.25) is 0 Å². The third kappa shape index (κ3) is 5.36. The number of primary amides is 1. The van der Waals surface area contributed by atoms with Gasteiger partial charge in [0.2, 0.25) is 5.91 Å². The summed E-state index contributed by atoms with van der Waals surface area (Å²) in [5, 5.41) is 0. The maximum Gasteiger partial charge on any atom is 0.217 e. The lowest BCUT2D eigenvalue weighted by Crippen LogP contribution is -2.18.